The van der Waals surface area contributed by atoms with Gasteiger partial charge in [-0.3, -0.25) is 4.79 Å². The molecule has 2 aliphatic rings. The Morgan fingerprint density at radius 3 is 2.65 bits per heavy atom. The van der Waals surface area contributed by atoms with E-state index in [0.29, 0.717) is 25.6 Å². The quantitative estimate of drug-likeness (QED) is 0.792. The number of nitrogens with zero attached hydrogens (tertiary/aromatic N) is 2. The van der Waals surface area contributed by atoms with Crippen molar-refractivity contribution in [3.63, 3.8) is 0 Å². The van der Waals surface area contributed by atoms with Crippen molar-refractivity contribution in [2.45, 2.75) is 44.7 Å². The minimum atomic E-state index is -0.796. The van der Waals surface area contributed by atoms with E-state index in [1.165, 1.54) is 0 Å². The second kappa shape index (κ2) is 6.43. The molecule has 2 aliphatic heterocycles. The fraction of sp³-hybridized carbons (Fsp3) is 0.857. The third-order valence-electron chi connectivity index (χ3n) is 4.59. The summed E-state index contributed by atoms with van der Waals surface area (Å²) in [5.41, 5.74) is 0. The first kappa shape index (κ1) is 15.1. The smallest absolute Gasteiger partial charge is 0.317 e. The molecule has 6 nitrogen and oxygen atoms in total. The molecule has 0 aromatic heterocycles. The number of carboxylic acid groups (broad SMARTS) is 1. The molecule has 2 amide bonds. The molecule has 0 aromatic carbocycles. The predicted octanol–water partition coefficient (Wildman–Crippen LogP) is 0.975. The molecule has 2 heterocycles. The first-order valence-electron chi connectivity index (χ1n) is 7.46. The van der Waals surface area contributed by atoms with E-state index in [0.717, 1.165) is 25.8 Å². The summed E-state index contributed by atoms with van der Waals surface area (Å²) in [6.45, 7) is 4.16. The molecule has 2 saturated heterocycles. The van der Waals surface area contributed by atoms with Crippen LogP contribution in [0.5, 0.6) is 0 Å². The van der Waals surface area contributed by atoms with Crippen LogP contribution in [0.4, 0.5) is 4.79 Å². The van der Waals surface area contributed by atoms with Crippen LogP contribution in [0.2, 0.25) is 0 Å². The highest BCUT2D eigenvalue weighted by Crippen LogP contribution is 2.19. The molecule has 0 spiro atoms. The van der Waals surface area contributed by atoms with Crippen LogP contribution in [0, 0.1) is 5.92 Å². The lowest BCUT2D eigenvalue weighted by molar-refractivity contribution is -0.143. The van der Waals surface area contributed by atoms with E-state index in [1.54, 1.807) is 4.90 Å². The fourth-order valence-corrected chi connectivity index (χ4v) is 3.05. The fourth-order valence-electron chi connectivity index (χ4n) is 3.05. The van der Waals surface area contributed by atoms with Crippen molar-refractivity contribution in [2.75, 3.05) is 26.7 Å². The zero-order chi connectivity index (χ0) is 14.7. The molecule has 2 unspecified atom stereocenters. The number of nitrogens with one attached hydrogen (secondary N) is 1. The van der Waals surface area contributed by atoms with Crippen LogP contribution in [0.1, 0.15) is 32.6 Å². The largest absolute Gasteiger partial charge is 0.481 e. The summed E-state index contributed by atoms with van der Waals surface area (Å²) in [5.74, 6) is -1.21. The van der Waals surface area contributed by atoms with Gasteiger partial charge in [-0.1, -0.05) is 0 Å². The highest BCUT2D eigenvalue weighted by molar-refractivity contribution is 5.76. The molecule has 2 rings (SSSR count). The second-order valence-corrected chi connectivity index (χ2v) is 6.12. The number of hydrogen-bond donors (Lipinski definition) is 2. The van der Waals surface area contributed by atoms with Crippen molar-refractivity contribution in [3.8, 4) is 0 Å². The van der Waals surface area contributed by atoms with Crippen LogP contribution in [-0.2, 0) is 4.79 Å². The number of hydrogen-bond acceptors (Lipinski definition) is 3. The lowest BCUT2D eigenvalue weighted by Crippen LogP contribution is -2.53. The Morgan fingerprint density at radius 2 is 2.00 bits per heavy atom. The highest BCUT2D eigenvalue weighted by atomic mass is 16.4. The molecule has 6 heteroatoms. The van der Waals surface area contributed by atoms with Crippen molar-refractivity contribution in [3.05, 3.63) is 0 Å². The summed E-state index contributed by atoms with van der Waals surface area (Å²) >= 11 is 0. The van der Waals surface area contributed by atoms with Gasteiger partial charge in [0.15, 0.2) is 0 Å². The zero-order valence-electron chi connectivity index (χ0n) is 12.3. The summed E-state index contributed by atoms with van der Waals surface area (Å²) in [6, 6.07) is 0.582. The van der Waals surface area contributed by atoms with Crippen LogP contribution in [0.3, 0.4) is 0 Å². The Balaban J connectivity index is 1.84. The van der Waals surface area contributed by atoms with E-state index < -0.39 is 11.9 Å². The summed E-state index contributed by atoms with van der Waals surface area (Å²) in [7, 11) is 2.10. The summed E-state index contributed by atoms with van der Waals surface area (Å²) in [4.78, 5) is 27.2. The van der Waals surface area contributed by atoms with Gasteiger partial charge in [-0.15, -0.1) is 0 Å². The Bertz CT molecular complexity index is 375. The molecule has 0 saturated carbocycles. The number of aliphatic carboxylic acids is 1. The summed E-state index contributed by atoms with van der Waals surface area (Å²) in [6.07, 6.45) is 3.36. The van der Waals surface area contributed by atoms with Crippen LogP contribution in [0.25, 0.3) is 0 Å². The van der Waals surface area contributed by atoms with E-state index in [9.17, 15) is 9.59 Å². The van der Waals surface area contributed by atoms with Gasteiger partial charge in [-0.05, 0) is 39.7 Å². The topological polar surface area (TPSA) is 72.9 Å². The Labute approximate surface area is 120 Å². The van der Waals surface area contributed by atoms with Crippen LogP contribution >= 0.6 is 0 Å². The Kier molecular flexibility index (Phi) is 4.86. The number of rotatable bonds is 2. The number of piperidine rings is 2. The predicted molar refractivity (Wildman–Crippen MR) is 75.6 cm³/mol. The zero-order valence-corrected chi connectivity index (χ0v) is 12.3. The van der Waals surface area contributed by atoms with Gasteiger partial charge in [0, 0.05) is 31.7 Å². The first-order valence-corrected chi connectivity index (χ1v) is 7.46. The minimum Gasteiger partial charge on any atom is -0.481 e. The molecular formula is C14H25N3O3. The SMILES string of the molecule is CC1CC(NC(=O)N2CCC[C@H](C(=O)O)C2)CCN1C. The van der Waals surface area contributed by atoms with Crippen LogP contribution in [0.15, 0.2) is 0 Å². The molecule has 3 atom stereocenters. The van der Waals surface area contributed by atoms with Crippen molar-refractivity contribution in [2.24, 2.45) is 5.92 Å². The van der Waals surface area contributed by atoms with Gasteiger partial charge in [-0.2, -0.15) is 0 Å². The summed E-state index contributed by atoms with van der Waals surface area (Å²) in [5, 5.41) is 12.1. The first-order chi connectivity index (χ1) is 9.47. The maximum atomic E-state index is 12.2. The molecular weight excluding hydrogens is 258 g/mol. The summed E-state index contributed by atoms with van der Waals surface area (Å²) < 4.78 is 0. The van der Waals surface area contributed by atoms with Crippen molar-refractivity contribution < 1.29 is 14.7 Å². The van der Waals surface area contributed by atoms with Crippen molar-refractivity contribution >= 4 is 12.0 Å². The minimum absolute atomic E-state index is 0.0993. The number of urea groups is 1. The van der Waals surface area contributed by atoms with E-state index >= 15 is 0 Å². The van der Waals surface area contributed by atoms with Crippen molar-refractivity contribution in [1.82, 2.24) is 15.1 Å². The van der Waals surface area contributed by atoms with Gasteiger partial charge in [0.25, 0.3) is 0 Å². The number of amides is 2. The molecule has 2 N–H and O–H groups in total. The standard InChI is InChI=1S/C14H25N3O3/c1-10-8-12(5-7-16(10)2)15-14(20)17-6-3-4-11(9-17)13(18)19/h10-12H,3-9H2,1-2H3,(H,15,20)(H,18,19)/t10?,11-,12?/m0/s1. The van der Waals surface area contributed by atoms with Gasteiger partial charge in [0.2, 0.25) is 0 Å². The maximum Gasteiger partial charge on any atom is 0.317 e. The van der Waals surface area contributed by atoms with Gasteiger partial charge >= 0.3 is 12.0 Å². The molecule has 0 bridgehead atoms. The molecule has 2 fully saturated rings. The highest BCUT2D eigenvalue weighted by Gasteiger charge is 2.30. The Hall–Kier alpha value is -1.30. The van der Waals surface area contributed by atoms with E-state index in [4.69, 9.17) is 5.11 Å². The normalized spacial score (nSPS) is 31.9. The molecule has 0 radical (unpaired) electrons. The Morgan fingerprint density at radius 1 is 1.25 bits per heavy atom. The molecule has 0 aliphatic carbocycles. The third-order valence-corrected chi connectivity index (χ3v) is 4.59. The third kappa shape index (κ3) is 3.62. The van der Waals surface area contributed by atoms with E-state index in [1.807, 2.05) is 0 Å². The lowest BCUT2D eigenvalue weighted by atomic mass is 9.98. The van der Waals surface area contributed by atoms with E-state index in [2.05, 4.69) is 24.2 Å². The average Bonchev–Trinajstić information content (AvgIpc) is 2.43. The van der Waals surface area contributed by atoms with Gasteiger partial charge in [-0.25, -0.2) is 4.79 Å². The molecule has 20 heavy (non-hydrogen) atoms. The number of carboxylic acids is 1. The molecule has 114 valence electrons. The van der Waals surface area contributed by atoms with Gasteiger partial charge < -0.3 is 20.2 Å². The maximum absolute atomic E-state index is 12.2. The van der Waals surface area contributed by atoms with Crippen LogP contribution in [-0.4, -0.2) is 65.7 Å². The van der Waals surface area contributed by atoms with Gasteiger partial charge in [0.05, 0.1) is 5.92 Å². The van der Waals surface area contributed by atoms with E-state index in [-0.39, 0.29) is 12.1 Å². The molecule has 0 aromatic rings. The van der Waals surface area contributed by atoms with Crippen LogP contribution < -0.4 is 5.32 Å². The second-order valence-electron chi connectivity index (χ2n) is 6.12. The lowest BCUT2D eigenvalue weighted by Gasteiger charge is -2.37. The number of carbonyl (C=O) groups is 2. The number of likely N-dealkylation sites (tertiary alicyclic amines) is 2. The number of carbonyl (C=O) groups excluding carboxylic acids is 1. The van der Waals surface area contributed by atoms with Gasteiger partial charge in [0.1, 0.15) is 0 Å². The average molecular weight is 283 g/mol. The van der Waals surface area contributed by atoms with Crippen molar-refractivity contribution in [1.29, 1.82) is 0 Å². The monoisotopic (exact) mass is 283 g/mol.